The van der Waals surface area contributed by atoms with Gasteiger partial charge in [0.15, 0.2) is 9.84 Å². The van der Waals surface area contributed by atoms with Crippen molar-refractivity contribution in [3.8, 4) is 5.75 Å². The number of aryl methyl sites for hydroxylation is 1. The largest absolute Gasteiger partial charge is 0.489 e. The second-order valence-electron chi connectivity index (χ2n) is 11.4. The van der Waals surface area contributed by atoms with E-state index in [9.17, 15) is 23.2 Å². The summed E-state index contributed by atoms with van der Waals surface area (Å²) in [6.45, 7) is 8.85. The number of likely N-dealkylation sites (tertiary alicyclic amines) is 1. The average molecular weight is 580 g/mol. The molecular weight excluding hydrogens is 542 g/mol. The van der Waals surface area contributed by atoms with E-state index in [1.165, 1.54) is 12.1 Å². The van der Waals surface area contributed by atoms with E-state index in [1.807, 2.05) is 58.0 Å². The fourth-order valence-corrected chi connectivity index (χ4v) is 6.37. The van der Waals surface area contributed by atoms with Gasteiger partial charge in [0, 0.05) is 35.1 Å². The summed E-state index contributed by atoms with van der Waals surface area (Å²) in [4.78, 5) is 30.3. The maximum absolute atomic E-state index is 13.2. The molecule has 1 aromatic heterocycles. The van der Waals surface area contributed by atoms with E-state index in [2.05, 4.69) is 4.98 Å². The highest BCUT2D eigenvalue weighted by atomic mass is 32.2. The van der Waals surface area contributed by atoms with Gasteiger partial charge in [0.25, 0.3) is 0 Å². The molecule has 2 amide bonds. The minimum atomic E-state index is -3.86. The molecule has 41 heavy (non-hydrogen) atoms. The Morgan fingerprint density at radius 3 is 2.41 bits per heavy atom. The number of benzene rings is 2. The van der Waals surface area contributed by atoms with Crippen molar-refractivity contribution in [3.63, 3.8) is 0 Å². The van der Waals surface area contributed by atoms with Crippen molar-refractivity contribution >= 4 is 33.1 Å². The highest BCUT2D eigenvalue weighted by molar-refractivity contribution is 7.91. The number of hydrogen-bond acceptors (Lipinski definition) is 7. The Bertz CT molecular complexity index is 1530. The first-order chi connectivity index (χ1) is 19.4. The van der Waals surface area contributed by atoms with Crippen LogP contribution in [-0.2, 0) is 26.0 Å². The molecule has 1 N–H and O–H groups in total. The molecule has 3 aromatic rings. The quantitative estimate of drug-likeness (QED) is 0.169. The number of carbonyl (C=O) groups is 2. The predicted octanol–water partition coefficient (Wildman–Crippen LogP) is 4.71. The molecule has 4 rings (SSSR count). The molecule has 9 nitrogen and oxygen atoms in total. The Labute approximate surface area is 241 Å². The van der Waals surface area contributed by atoms with Crippen LogP contribution >= 0.6 is 0 Å². The first-order valence-corrected chi connectivity index (χ1v) is 15.2. The number of hydroxylamine groups is 2. The minimum Gasteiger partial charge on any atom is -0.489 e. The van der Waals surface area contributed by atoms with Gasteiger partial charge in [-0.2, -0.15) is 0 Å². The molecule has 1 saturated heterocycles. The number of piperidine rings is 1. The van der Waals surface area contributed by atoms with Gasteiger partial charge in [0.1, 0.15) is 12.4 Å². The van der Waals surface area contributed by atoms with Crippen molar-refractivity contribution in [2.45, 2.75) is 58.1 Å². The lowest BCUT2D eigenvalue weighted by molar-refractivity contribution is -0.154. The van der Waals surface area contributed by atoms with Crippen LogP contribution in [0.25, 0.3) is 10.9 Å². The highest BCUT2D eigenvalue weighted by Gasteiger charge is 2.30. The molecule has 1 aliphatic heterocycles. The number of rotatable bonds is 9. The van der Waals surface area contributed by atoms with E-state index in [1.54, 1.807) is 23.1 Å². The van der Waals surface area contributed by atoms with E-state index in [0.717, 1.165) is 27.7 Å². The lowest BCUT2D eigenvalue weighted by Crippen LogP contribution is -2.43. The highest BCUT2D eigenvalue weighted by Crippen LogP contribution is 2.26. The molecule has 0 radical (unpaired) electrons. The molecule has 2 heterocycles. The Balaban J connectivity index is 1.43. The van der Waals surface area contributed by atoms with E-state index >= 15 is 0 Å². The number of hydrogen-bond donors (Lipinski definition) is 1. The zero-order valence-corrected chi connectivity index (χ0v) is 24.7. The molecular formula is C31H37N3O6S. The Morgan fingerprint density at radius 1 is 1.12 bits per heavy atom. The summed E-state index contributed by atoms with van der Waals surface area (Å²) in [6, 6.07) is 14.8. The van der Waals surface area contributed by atoms with Gasteiger partial charge >= 0.3 is 0 Å². The summed E-state index contributed by atoms with van der Waals surface area (Å²) in [7, 11) is -3.86. The number of nitrogens with zero attached hydrogens (tertiary/aromatic N) is 3. The van der Waals surface area contributed by atoms with E-state index in [0.29, 0.717) is 43.4 Å². The third-order valence-electron chi connectivity index (χ3n) is 7.11. The van der Waals surface area contributed by atoms with Crippen LogP contribution in [0.2, 0.25) is 0 Å². The monoisotopic (exact) mass is 579 g/mol. The second-order valence-corrected chi connectivity index (χ2v) is 13.4. The van der Waals surface area contributed by atoms with E-state index < -0.39 is 27.0 Å². The van der Waals surface area contributed by atoms with Crippen LogP contribution < -0.4 is 4.74 Å². The molecule has 0 aliphatic carbocycles. The molecule has 1 atom stereocenters. The SMILES string of the molecule is Cc1cc(COc2ccc(S(=O)(=O)CC(C=C3CCN(C(=O)C(C)(C)C)CC3)N(O)C=O)cc2)c2ccccc2n1. The van der Waals surface area contributed by atoms with Crippen molar-refractivity contribution in [1.82, 2.24) is 14.9 Å². The molecule has 1 fully saturated rings. The summed E-state index contributed by atoms with van der Waals surface area (Å²) in [5.74, 6) is 0.0807. The van der Waals surface area contributed by atoms with Gasteiger partial charge in [-0.05, 0) is 56.2 Å². The number of aromatic nitrogens is 1. The van der Waals surface area contributed by atoms with Crippen molar-refractivity contribution < 1.29 is 28.0 Å². The topological polar surface area (TPSA) is 117 Å². The van der Waals surface area contributed by atoms with Crippen molar-refractivity contribution in [3.05, 3.63) is 77.5 Å². The van der Waals surface area contributed by atoms with Gasteiger partial charge in [0.2, 0.25) is 12.3 Å². The number of fused-ring (bicyclic) bond motifs is 1. The Hall–Kier alpha value is -3.76. The van der Waals surface area contributed by atoms with Crippen molar-refractivity contribution in [2.75, 3.05) is 18.8 Å². The van der Waals surface area contributed by atoms with E-state index in [-0.39, 0.29) is 17.2 Å². The number of carbonyl (C=O) groups excluding carboxylic acids is 2. The van der Waals surface area contributed by atoms with Crippen LogP contribution in [-0.4, -0.2) is 65.8 Å². The van der Waals surface area contributed by atoms with Gasteiger partial charge in [-0.15, -0.1) is 0 Å². The summed E-state index contributed by atoms with van der Waals surface area (Å²) >= 11 is 0. The van der Waals surface area contributed by atoms with Crippen LogP contribution in [0, 0.1) is 12.3 Å². The summed E-state index contributed by atoms with van der Waals surface area (Å²) in [5.41, 5.74) is 3.15. The molecule has 218 valence electrons. The number of ether oxygens (including phenoxy) is 1. The molecule has 10 heteroatoms. The minimum absolute atomic E-state index is 0.0587. The lowest BCUT2D eigenvalue weighted by Gasteiger charge is -2.34. The molecule has 1 aliphatic rings. The third-order valence-corrected chi connectivity index (χ3v) is 8.88. The first kappa shape index (κ1) is 30.2. The van der Waals surface area contributed by atoms with Crippen LogP contribution in [0.3, 0.4) is 0 Å². The maximum atomic E-state index is 13.2. The third kappa shape index (κ3) is 7.51. The lowest BCUT2D eigenvalue weighted by atomic mass is 9.92. The number of sulfone groups is 1. The van der Waals surface area contributed by atoms with Crippen molar-refractivity contribution in [1.29, 1.82) is 0 Å². The molecule has 1 unspecified atom stereocenters. The van der Waals surface area contributed by atoms with Gasteiger partial charge in [-0.3, -0.25) is 19.8 Å². The summed E-state index contributed by atoms with van der Waals surface area (Å²) < 4.78 is 32.4. The van der Waals surface area contributed by atoms with Crippen LogP contribution in [0.4, 0.5) is 0 Å². The average Bonchev–Trinajstić information content (AvgIpc) is 2.94. The smallest absolute Gasteiger partial charge is 0.233 e. The molecule has 0 bridgehead atoms. The van der Waals surface area contributed by atoms with Crippen molar-refractivity contribution in [2.24, 2.45) is 5.41 Å². The van der Waals surface area contributed by atoms with Gasteiger partial charge in [0.05, 0.1) is 22.2 Å². The number of pyridine rings is 1. The van der Waals surface area contributed by atoms with Gasteiger partial charge < -0.3 is 9.64 Å². The van der Waals surface area contributed by atoms with Crippen LogP contribution in [0.5, 0.6) is 5.75 Å². The van der Waals surface area contributed by atoms with E-state index in [4.69, 9.17) is 4.74 Å². The maximum Gasteiger partial charge on any atom is 0.233 e. The van der Waals surface area contributed by atoms with Gasteiger partial charge in [-0.1, -0.05) is 50.6 Å². The van der Waals surface area contributed by atoms with Crippen LogP contribution in [0.1, 0.15) is 44.9 Å². The standard InChI is InChI=1S/C31H37N3O6S/c1-22-17-24(28-7-5-6-8-29(28)32-22)19-40-26-9-11-27(12-10-26)41(38,39)20-25(34(37)21-35)18-23-13-15-33(16-14-23)30(36)31(2,3)4/h5-12,17-18,21,25,37H,13-16,19-20H2,1-4H3. The zero-order valence-electron chi connectivity index (χ0n) is 23.9. The normalized spacial score (nSPS) is 15.0. The summed E-state index contributed by atoms with van der Waals surface area (Å²) in [6.07, 6.45) is 2.92. The predicted molar refractivity (Wildman–Crippen MR) is 156 cm³/mol. The first-order valence-electron chi connectivity index (χ1n) is 13.6. The molecule has 0 saturated carbocycles. The fourth-order valence-electron chi connectivity index (χ4n) is 4.93. The second kappa shape index (κ2) is 12.4. The Morgan fingerprint density at radius 2 is 1.78 bits per heavy atom. The number of para-hydroxylation sites is 1. The van der Waals surface area contributed by atoms with Gasteiger partial charge in [-0.25, -0.2) is 13.5 Å². The van der Waals surface area contributed by atoms with Crippen LogP contribution in [0.15, 0.2) is 71.1 Å². The molecule has 2 aromatic carbocycles. The molecule has 0 spiro atoms. The number of amides is 2. The zero-order chi connectivity index (χ0) is 29.8. The fraction of sp³-hybridized carbons (Fsp3) is 0.387. The summed E-state index contributed by atoms with van der Waals surface area (Å²) in [5, 5.41) is 11.6. The Kier molecular flexibility index (Phi) is 9.14.